The molecule has 10 nitrogen and oxygen atoms in total. The van der Waals surface area contributed by atoms with Crippen LogP contribution in [0.15, 0.2) is 104 Å². The fraction of sp³-hybridized carbons (Fsp3) is 0.262. The molecule has 0 spiro atoms. The zero-order valence-electron chi connectivity index (χ0n) is 29.8. The van der Waals surface area contributed by atoms with Crippen molar-refractivity contribution in [1.82, 2.24) is 34.4 Å². The molecular weight excluding hydrogens is 687 g/mol. The van der Waals surface area contributed by atoms with E-state index in [1.807, 2.05) is 64.0 Å². The van der Waals surface area contributed by atoms with Crippen LogP contribution in [0.4, 0.5) is 14.6 Å². The van der Waals surface area contributed by atoms with Gasteiger partial charge in [0.2, 0.25) is 5.91 Å². The fourth-order valence-electron chi connectivity index (χ4n) is 8.11. The van der Waals surface area contributed by atoms with E-state index in [9.17, 15) is 13.6 Å². The van der Waals surface area contributed by atoms with E-state index in [4.69, 9.17) is 9.84 Å². The van der Waals surface area contributed by atoms with Crippen LogP contribution in [0.2, 0.25) is 0 Å². The molecule has 2 aliphatic heterocycles. The number of ether oxygens (including phenoxy) is 1. The highest BCUT2D eigenvalue weighted by molar-refractivity contribution is 5.97. The van der Waals surface area contributed by atoms with Crippen molar-refractivity contribution in [3.8, 4) is 22.6 Å². The highest BCUT2D eigenvalue weighted by Gasteiger charge is 2.42. The second kappa shape index (κ2) is 14.0. The number of amides is 1. The van der Waals surface area contributed by atoms with E-state index >= 15 is 0 Å². The van der Waals surface area contributed by atoms with Crippen molar-refractivity contribution >= 4 is 33.7 Å². The van der Waals surface area contributed by atoms with Crippen molar-refractivity contribution in [1.29, 1.82) is 0 Å². The summed E-state index contributed by atoms with van der Waals surface area (Å²) in [6.07, 6.45) is 6.21. The largest absolute Gasteiger partial charge is 0.488 e. The van der Waals surface area contributed by atoms with Crippen molar-refractivity contribution in [2.45, 2.75) is 44.2 Å². The third-order valence-corrected chi connectivity index (χ3v) is 10.6. The minimum absolute atomic E-state index is 0.00271. The average molecular weight is 725 g/mol. The van der Waals surface area contributed by atoms with Gasteiger partial charge in [0.25, 0.3) is 0 Å². The molecule has 2 atom stereocenters. The highest BCUT2D eigenvalue weighted by atomic mass is 19.1. The molecule has 4 aromatic carbocycles. The Bertz CT molecular complexity index is 2500. The van der Waals surface area contributed by atoms with Crippen LogP contribution in [0.3, 0.4) is 0 Å². The third-order valence-electron chi connectivity index (χ3n) is 10.6. The van der Waals surface area contributed by atoms with Crippen LogP contribution in [-0.4, -0.2) is 72.1 Å². The first-order chi connectivity index (χ1) is 26.4. The number of hydrogen-bond donors (Lipinski definition) is 0. The van der Waals surface area contributed by atoms with E-state index in [0.717, 1.165) is 59.5 Å². The molecule has 0 saturated carbocycles. The predicted molar refractivity (Wildman–Crippen MR) is 203 cm³/mol. The van der Waals surface area contributed by atoms with Crippen molar-refractivity contribution in [2.75, 3.05) is 24.5 Å². The van der Waals surface area contributed by atoms with Gasteiger partial charge in [0.05, 0.1) is 23.6 Å². The van der Waals surface area contributed by atoms with Crippen LogP contribution in [0.1, 0.15) is 30.5 Å². The van der Waals surface area contributed by atoms with Gasteiger partial charge < -0.3 is 14.5 Å². The SMILES string of the molecule is Cn1nc2cccc3c2c1CCCN(CCCc1ccccc1)C(=O)[C@@H]1C[C@@H](CN1c1ncnc2c1cnn2-c1ccc(F)cc1F)Oc1cccc-3c1. The van der Waals surface area contributed by atoms with Gasteiger partial charge in [-0.2, -0.15) is 10.2 Å². The molecule has 0 aliphatic carbocycles. The van der Waals surface area contributed by atoms with Crippen LogP contribution in [-0.2, 0) is 24.7 Å². The maximum atomic E-state index is 15.0. The number of hydrogen-bond acceptors (Lipinski definition) is 7. The van der Waals surface area contributed by atoms with E-state index in [1.54, 1.807) is 6.20 Å². The van der Waals surface area contributed by atoms with Crippen molar-refractivity contribution < 1.29 is 18.3 Å². The first-order valence-corrected chi connectivity index (χ1v) is 18.4. The summed E-state index contributed by atoms with van der Waals surface area (Å²) in [5.41, 5.74) is 5.82. The number of rotatable bonds is 6. The van der Waals surface area contributed by atoms with Gasteiger partial charge in [-0.25, -0.2) is 23.4 Å². The number of nitrogens with zero attached hydrogens (tertiary/aromatic N) is 8. The van der Waals surface area contributed by atoms with Gasteiger partial charge in [-0.3, -0.25) is 9.48 Å². The zero-order valence-corrected chi connectivity index (χ0v) is 29.8. The van der Waals surface area contributed by atoms with Gasteiger partial charge in [0.1, 0.15) is 41.5 Å². The molecule has 3 aromatic heterocycles. The number of aryl methyl sites for hydroxylation is 3. The Labute approximate surface area is 310 Å². The van der Waals surface area contributed by atoms with Gasteiger partial charge in [-0.1, -0.05) is 54.6 Å². The molecule has 0 unspecified atom stereocenters. The number of halogens is 2. The number of anilines is 1. The number of aromatic nitrogens is 6. The van der Waals surface area contributed by atoms with Gasteiger partial charge in [0, 0.05) is 43.7 Å². The lowest BCUT2D eigenvalue weighted by Gasteiger charge is -2.31. The van der Waals surface area contributed by atoms with Crippen molar-refractivity contribution in [2.24, 2.45) is 7.05 Å². The molecule has 1 amide bonds. The molecule has 5 heterocycles. The number of fused-ring (bicyclic) bond motifs is 6. The summed E-state index contributed by atoms with van der Waals surface area (Å²) in [5.74, 6) is -0.246. The fourth-order valence-corrected chi connectivity index (χ4v) is 8.11. The summed E-state index contributed by atoms with van der Waals surface area (Å²) in [5, 5.41) is 11.0. The summed E-state index contributed by atoms with van der Waals surface area (Å²) in [6, 6.07) is 27.4. The van der Waals surface area contributed by atoms with Crippen LogP contribution in [0.25, 0.3) is 38.8 Å². The van der Waals surface area contributed by atoms with Crippen LogP contribution in [0, 0.1) is 11.6 Å². The Hall–Kier alpha value is -6.17. The van der Waals surface area contributed by atoms with E-state index in [1.165, 1.54) is 28.7 Å². The number of carbonyl (C=O) groups is 1. The molecule has 12 heteroatoms. The Morgan fingerprint density at radius 1 is 0.944 bits per heavy atom. The van der Waals surface area contributed by atoms with Crippen LogP contribution in [0.5, 0.6) is 5.75 Å². The quantitative estimate of drug-likeness (QED) is 0.181. The third kappa shape index (κ3) is 6.21. The molecule has 1 fully saturated rings. The normalized spacial score (nSPS) is 17.5. The van der Waals surface area contributed by atoms with Gasteiger partial charge >= 0.3 is 0 Å². The smallest absolute Gasteiger partial charge is 0.245 e. The van der Waals surface area contributed by atoms with Crippen molar-refractivity contribution in [3.05, 3.63) is 126 Å². The Balaban J connectivity index is 1.11. The maximum absolute atomic E-state index is 15.0. The average Bonchev–Trinajstić information content (AvgIpc) is 3.89. The Kier molecular flexibility index (Phi) is 8.72. The van der Waals surface area contributed by atoms with E-state index in [2.05, 4.69) is 45.4 Å². The summed E-state index contributed by atoms with van der Waals surface area (Å²) in [6.45, 7) is 1.53. The minimum Gasteiger partial charge on any atom is -0.488 e. The Morgan fingerprint density at radius 3 is 2.69 bits per heavy atom. The molecule has 4 bridgehead atoms. The highest BCUT2D eigenvalue weighted by Crippen LogP contribution is 2.37. The van der Waals surface area contributed by atoms with Crippen molar-refractivity contribution in [3.63, 3.8) is 0 Å². The summed E-state index contributed by atoms with van der Waals surface area (Å²) >= 11 is 0. The van der Waals surface area contributed by atoms with E-state index in [-0.39, 0.29) is 17.7 Å². The number of benzene rings is 4. The molecule has 1 saturated heterocycles. The second-order valence-corrected chi connectivity index (χ2v) is 14.0. The molecular formula is C42H38F2N8O2. The molecule has 7 aromatic rings. The zero-order chi connectivity index (χ0) is 36.8. The molecule has 0 N–H and O–H groups in total. The second-order valence-electron chi connectivity index (χ2n) is 14.0. The lowest BCUT2D eigenvalue weighted by molar-refractivity contribution is -0.132. The molecule has 9 rings (SSSR count). The standard InChI is InChI=1S/C42H38F2N8O2/c1-49-37-16-8-20-50(19-7-11-27-9-3-2-4-10-27)42(53)38-23-31(54-30-13-5-12-28(21-30)32-14-6-15-35(48-49)39(32)37)25-51(38)40-33-24-47-52(41(33)46-26-45-40)36-18-17-29(43)22-34(36)44/h2-6,9-10,12-15,17-18,21-22,24,26,31,38H,7-8,11,16,19-20,23,25H2,1H3/t31-,38-/m0/s1. The topological polar surface area (TPSA) is 94.2 Å². The molecule has 0 radical (unpaired) electrons. The summed E-state index contributed by atoms with van der Waals surface area (Å²) in [4.78, 5) is 28.1. The predicted octanol–water partition coefficient (Wildman–Crippen LogP) is 7.08. The molecule has 2 aliphatic rings. The van der Waals surface area contributed by atoms with Gasteiger partial charge in [-0.15, -0.1) is 0 Å². The maximum Gasteiger partial charge on any atom is 0.245 e. The monoisotopic (exact) mass is 724 g/mol. The Morgan fingerprint density at radius 2 is 1.81 bits per heavy atom. The molecule has 54 heavy (non-hydrogen) atoms. The first-order valence-electron chi connectivity index (χ1n) is 18.4. The lowest BCUT2D eigenvalue weighted by atomic mass is 9.98. The van der Waals surface area contributed by atoms with E-state index in [0.29, 0.717) is 48.7 Å². The number of carbonyl (C=O) groups excluding carboxylic acids is 1. The summed E-state index contributed by atoms with van der Waals surface area (Å²) < 4.78 is 38.8. The lowest BCUT2D eigenvalue weighted by Crippen LogP contribution is -2.47. The summed E-state index contributed by atoms with van der Waals surface area (Å²) in [7, 11) is 1.99. The first kappa shape index (κ1) is 33.7. The van der Waals surface area contributed by atoms with E-state index < -0.39 is 17.7 Å². The van der Waals surface area contributed by atoms with Crippen LogP contribution >= 0.6 is 0 Å². The van der Waals surface area contributed by atoms with Crippen LogP contribution < -0.4 is 9.64 Å². The minimum atomic E-state index is -0.765. The van der Waals surface area contributed by atoms with Gasteiger partial charge in [-0.05, 0) is 72.7 Å². The van der Waals surface area contributed by atoms with Gasteiger partial charge in [0.15, 0.2) is 11.5 Å². The molecule has 272 valence electrons.